The van der Waals surface area contributed by atoms with Crippen molar-refractivity contribution in [3.63, 3.8) is 0 Å². The Bertz CT molecular complexity index is 959. The molecule has 1 aromatic rings. The summed E-state index contributed by atoms with van der Waals surface area (Å²) in [5.74, 6) is -1.34. The summed E-state index contributed by atoms with van der Waals surface area (Å²) in [6.45, 7) is 5.55. The van der Waals surface area contributed by atoms with Gasteiger partial charge in [0.05, 0.1) is 19.0 Å². The number of nitrogens with zero attached hydrogens (tertiary/aromatic N) is 3. The summed E-state index contributed by atoms with van der Waals surface area (Å²) in [5, 5.41) is 13.8. The highest BCUT2D eigenvalue weighted by Crippen LogP contribution is 2.31. The van der Waals surface area contributed by atoms with Gasteiger partial charge in [0.2, 0.25) is 5.91 Å². The van der Waals surface area contributed by atoms with Crippen LogP contribution in [0.4, 0.5) is 18.9 Å². The van der Waals surface area contributed by atoms with Gasteiger partial charge in [-0.25, -0.2) is 0 Å². The van der Waals surface area contributed by atoms with E-state index in [1.54, 1.807) is 18.3 Å². The SMILES string of the molecule is CCN1C(=O)CS/C1=C(/C#N)C(=O)NCC(F)(F)F.CNc1cccc(CCCN2CCOCC2)c1. The molecular weight excluding hydrogens is 495 g/mol. The second kappa shape index (κ2) is 14.7. The predicted molar refractivity (Wildman–Crippen MR) is 133 cm³/mol. The van der Waals surface area contributed by atoms with Gasteiger partial charge in [0, 0.05) is 32.4 Å². The smallest absolute Gasteiger partial charge is 0.388 e. The van der Waals surface area contributed by atoms with Crippen molar-refractivity contribution in [1.82, 2.24) is 15.1 Å². The van der Waals surface area contributed by atoms with E-state index in [0.29, 0.717) is 0 Å². The Morgan fingerprint density at radius 2 is 2.00 bits per heavy atom. The quantitative estimate of drug-likeness (QED) is 0.396. The van der Waals surface area contributed by atoms with E-state index in [1.807, 2.05) is 7.05 Å². The molecule has 2 saturated heterocycles. The number of nitrogens with one attached hydrogen (secondary N) is 2. The molecule has 2 aliphatic heterocycles. The zero-order chi connectivity index (χ0) is 26.6. The third kappa shape index (κ3) is 9.72. The number of carbonyl (C=O) groups excluding carboxylic acids is 2. The van der Waals surface area contributed by atoms with Gasteiger partial charge in [-0.15, -0.1) is 0 Å². The molecule has 1 aromatic carbocycles. The maximum atomic E-state index is 12.0. The molecule has 36 heavy (non-hydrogen) atoms. The third-order valence-electron chi connectivity index (χ3n) is 5.46. The lowest BCUT2D eigenvalue weighted by Gasteiger charge is -2.26. The van der Waals surface area contributed by atoms with Gasteiger partial charge in [-0.05, 0) is 44.0 Å². The highest BCUT2D eigenvalue weighted by molar-refractivity contribution is 8.04. The van der Waals surface area contributed by atoms with Gasteiger partial charge < -0.3 is 20.3 Å². The normalized spacial score (nSPS) is 17.7. The minimum atomic E-state index is -4.55. The number of alkyl halides is 3. The van der Waals surface area contributed by atoms with Crippen LogP contribution in [0.2, 0.25) is 0 Å². The van der Waals surface area contributed by atoms with E-state index in [4.69, 9.17) is 10.00 Å². The molecule has 198 valence electrons. The number of hydrogen-bond acceptors (Lipinski definition) is 7. The summed E-state index contributed by atoms with van der Waals surface area (Å²) in [6.07, 6.45) is -2.16. The van der Waals surface area contributed by atoms with E-state index >= 15 is 0 Å². The number of amides is 2. The van der Waals surface area contributed by atoms with E-state index in [0.717, 1.165) is 44.5 Å². The van der Waals surface area contributed by atoms with Crippen LogP contribution < -0.4 is 10.6 Å². The maximum absolute atomic E-state index is 12.0. The minimum Gasteiger partial charge on any atom is -0.388 e. The second-order valence-corrected chi connectivity index (χ2v) is 8.99. The van der Waals surface area contributed by atoms with E-state index in [9.17, 15) is 22.8 Å². The van der Waals surface area contributed by atoms with Crippen molar-refractivity contribution in [2.75, 3.05) is 64.1 Å². The zero-order valence-electron chi connectivity index (χ0n) is 20.5. The van der Waals surface area contributed by atoms with E-state index in [1.165, 1.54) is 29.1 Å². The van der Waals surface area contributed by atoms with Gasteiger partial charge in [-0.1, -0.05) is 23.9 Å². The topological polar surface area (TPSA) is 97.7 Å². The first-order chi connectivity index (χ1) is 17.2. The fourth-order valence-corrected chi connectivity index (χ4v) is 4.69. The minimum absolute atomic E-state index is 0.0703. The highest BCUT2D eigenvalue weighted by atomic mass is 32.2. The molecule has 0 unspecified atom stereocenters. The molecule has 0 bridgehead atoms. The first-order valence-electron chi connectivity index (χ1n) is 11.7. The number of carbonyl (C=O) groups is 2. The number of anilines is 1. The highest BCUT2D eigenvalue weighted by Gasteiger charge is 2.33. The van der Waals surface area contributed by atoms with Gasteiger partial charge in [0.25, 0.3) is 5.91 Å². The lowest BCUT2D eigenvalue weighted by molar-refractivity contribution is -0.136. The monoisotopic (exact) mass is 527 g/mol. The van der Waals surface area contributed by atoms with Crippen molar-refractivity contribution in [2.24, 2.45) is 0 Å². The van der Waals surface area contributed by atoms with Crippen LogP contribution in [0, 0.1) is 11.3 Å². The summed E-state index contributed by atoms with van der Waals surface area (Å²) in [7, 11) is 1.97. The number of ether oxygens (including phenoxy) is 1. The average molecular weight is 528 g/mol. The van der Waals surface area contributed by atoms with E-state index < -0.39 is 24.2 Å². The van der Waals surface area contributed by atoms with Gasteiger partial charge in [0.1, 0.15) is 23.2 Å². The van der Waals surface area contributed by atoms with Gasteiger partial charge in [-0.2, -0.15) is 18.4 Å². The molecule has 2 N–H and O–H groups in total. The Morgan fingerprint density at radius 3 is 2.61 bits per heavy atom. The number of halogens is 3. The van der Waals surface area contributed by atoms with Gasteiger partial charge in [0.15, 0.2) is 0 Å². The van der Waals surface area contributed by atoms with Crippen LogP contribution in [0.25, 0.3) is 0 Å². The van der Waals surface area contributed by atoms with Gasteiger partial charge >= 0.3 is 6.18 Å². The fourth-order valence-electron chi connectivity index (χ4n) is 3.60. The second-order valence-electron chi connectivity index (χ2n) is 8.02. The molecule has 0 radical (unpaired) electrons. The summed E-state index contributed by atoms with van der Waals surface area (Å²) in [4.78, 5) is 26.7. The standard InChI is InChI=1S/C14H22N2O.C10H10F3N3O2S/c1-15-14-6-2-4-13(12-14)5-3-7-16-8-10-17-11-9-16;1-2-16-7(17)4-19-9(16)6(3-14)8(18)15-5-10(11,12)13/h2,4,6,12,15H,3,5,7-11H2,1H3;2,4-5H2,1H3,(H,15,18)/b;9-6-. The molecule has 2 fully saturated rings. The fraction of sp³-hybridized carbons (Fsp3) is 0.542. The van der Waals surface area contributed by atoms with Crippen LogP contribution in [0.15, 0.2) is 34.9 Å². The first-order valence-corrected chi connectivity index (χ1v) is 12.7. The molecule has 2 heterocycles. The summed E-state index contributed by atoms with van der Waals surface area (Å²) in [6, 6.07) is 10.2. The predicted octanol–water partition coefficient (Wildman–Crippen LogP) is 2.99. The number of hydrogen-bond donors (Lipinski definition) is 2. The molecule has 3 rings (SSSR count). The van der Waals surface area contributed by atoms with Crippen molar-refractivity contribution in [1.29, 1.82) is 5.26 Å². The largest absolute Gasteiger partial charge is 0.405 e. The number of morpholine rings is 1. The Balaban J connectivity index is 0.000000255. The van der Waals surface area contributed by atoms with Crippen LogP contribution >= 0.6 is 11.8 Å². The van der Waals surface area contributed by atoms with E-state index in [-0.39, 0.29) is 23.2 Å². The van der Waals surface area contributed by atoms with Crippen LogP contribution in [-0.2, 0) is 20.7 Å². The third-order valence-corrected chi connectivity index (χ3v) is 6.55. The zero-order valence-corrected chi connectivity index (χ0v) is 21.3. The van der Waals surface area contributed by atoms with Crippen molar-refractivity contribution in [2.45, 2.75) is 25.9 Å². The average Bonchev–Trinajstić information content (AvgIpc) is 3.24. The number of thioether (sulfide) groups is 1. The Hall–Kier alpha value is -2.75. The Morgan fingerprint density at radius 1 is 1.28 bits per heavy atom. The Kier molecular flexibility index (Phi) is 12.1. The molecule has 2 aliphatic rings. The van der Waals surface area contributed by atoms with E-state index in [2.05, 4.69) is 34.5 Å². The molecule has 0 spiro atoms. The summed E-state index contributed by atoms with van der Waals surface area (Å²) >= 11 is 0.969. The van der Waals surface area contributed by atoms with Crippen LogP contribution in [0.3, 0.4) is 0 Å². The van der Waals surface area contributed by atoms with Crippen molar-refractivity contribution < 1.29 is 27.5 Å². The molecule has 0 atom stereocenters. The molecule has 0 saturated carbocycles. The molecule has 2 amide bonds. The lowest BCUT2D eigenvalue weighted by atomic mass is 10.1. The van der Waals surface area contributed by atoms with Crippen LogP contribution in [0.1, 0.15) is 18.9 Å². The van der Waals surface area contributed by atoms with Gasteiger partial charge in [-0.3, -0.25) is 14.5 Å². The van der Waals surface area contributed by atoms with Crippen LogP contribution in [0.5, 0.6) is 0 Å². The number of nitriles is 1. The van der Waals surface area contributed by atoms with Crippen molar-refractivity contribution >= 4 is 29.3 Å². The first kappa shape index (κ1) is 29.5. The van der Waals surface area contributed by atoms with Crippen LogP contribution in [-0.4, -0.2) is 86.5 Å². The molecular formula is C24H32F3N5O3S. The molecule has 0 aliphatic carbocycles. The molecule has 0 aromatic heterocycles. The Labute approximate surface area is 213 Å². The molecule has 8 nitrogen and oxygen atoms in total. The van der Waals surface area contributed by atoms with Crippen molar-refractivity contribution in [3.05, 3.63) is 40.4 Å². The number of rotatable bonds is 8. The lowest BCUT2D eigenvalue weighted by Crippen LogP contribution is -2.36. The maximum Gasteiger partial charge on any atom is 0.405 e. The number of benzene rings is 1. The molecule has 12 heteroatoms. The van der Waals surface area contributed by atoms with Crippen molar-refractivity contribution in [3.8, 4) is 6.07 Å². The summed E-state index contributed by atoms with van der Waals surface area (Å²) in [5.41, 5.74) is 2.15. The number of aryl methyl sites for hydroxylation is 1. The summed E-state index contributed by atoms with van der Waals surface area (Å²) < 4.78 is 41.3.